The van der Waals surface area contributed by atoms with Crippen LogP contribution in [0.1, 0.15) is 30.4 Å². The number of unbranched alkanes of at least 4 members (excludes halogenated alkanes) is 2. The van der Waals surface area contributed by atoms with E-state index in [4.69, 9.17) is 0 Å². The Bertz CT molecular complexity index is 820. The molecule has 0 aliphatic carbocycles. The molecule has 0 amide bonds. The van der Waals surface area contributed by atoms with Gasteiger partial charge in [0.25, 0.3) is 0 Å². The lowest BCUT2D eigenvalue weighted by atomic mass is 10.1. The Morgan fingerprint density at radius 3 is 2.71 bits per heavy atom. The molecular weight excluding hydrogens is 316 g/mol. The second-order valence-electron chi connectivity index (χ2n) is 6.27. The van der Waals surface area contributed by atoms with Crippen LogP contribution in [0.15, 0.2) is 54.9 Å². The van der Waals surface area contributed by atoms with Crippen molar-refractivity contribution < 1.29 is 4.21 Å². The third-order valence-corrected chi connectivity index (χ3v) is 5.59. The van der Waals surface area contributed by atoms with E-state index >= 15 is 0 Å². The average molecular weight is 340 g/mol. The summed E-state index contributed by atoms with van der Waals surface area (Å²) in [5, 5.41) is 6.74. The SMILES string of the molecule is Cc1cnn(CCCCC[S@@](=O)Cc2cccc3ccccc23)c1. The van der Waals surface area contributed by atoms with Crippen molar-refractivity contribution in [3.8, 4) is 0 Å². The predicted molar refractivity (Wildman–Crippen MR) is 101 cm³/mol. The first-order valence-corrected chi connectivity index (χ1v) is 10.0. The van der Waals surface area contributed by atoms with Gasteiger partial charge in [0.2, 0.25) is 0 Å². The third-order valence-electron chi connectivity index (χ3n) is 4.22. The highest BCUT2D eigenvalue weighted by molar-refractivity contribution is 7.84. The minimum Gasteiger partial charge on any atom is -0.272 e. The Kier molecular flexibility index (Phi) is 5.81. The van der Waals surface area contributed by atoms with Gasteiger partial charge in [0.1, 0.15) is 0 Å². The minimum absolute atomic E-state index is 0.652. The molecule has 126 valence electrons. The van der Waals surface area contributed by atoms with Gasteiger partial charge in [-0.15, -0.1) is 0 Å². The molecule has 0 bridgehead atoms. The van der Waals surface area contributed by atoms with E-state index in [0.29, 0.717) is 5.75 Å². The zero-order chi connectivity index (χ0) is 16.8. The lowest BCUT2D eigenvalue weighted by molar-refractivity contribution is 0.553. The molecule has 0 aliphatic heterocycles. The second-order valence-corrected chi connectivity index (χ2v) is 7.84. The topological polar surface area (TPSA) is 34.9 Å². The van der Waals surface area contributed by atoms with E-state index in [0.717, 1.165) is 31.6 Å². The van der Waals surface area contributed by atoms with Crippen LogP contribution in [0, 0.1) is 6.92 Å². The highest BCUT2D eigenvalue weighted by atomic mass is 32.2. The van der Waals surface area contributed by atoms with Crippen molar-refractivity contribution in [1.82, 2.24) is 9.78 Å². The normalized spacial score (nSPS) is 12.5. The van der Waals surface area contributed by atoms with E-state index in [1.165, 1.54) is 21.9 Å². The highest BCUT2D eigenvalue weighted by Gasteiger charge is 2.05. The lowest BCUT2D eigenvalue weighted by Crippen LogP contribution is -2.03. The number of nitrogens with zero attached hydrogens (tertiary/aromatic N) is 2. The summed E-state index contributed by atoms with van der Waals surface area (Å²) in [5.74, 6) is 1.43. The number of hydrogen-bond acceptors (Lipinski definition) is 2. The van der Waals surface area contributed by atoms with Gasteiger partial charge in [0, 0.05) is 35.0 Å². The molecule has 0 fully saturated rings. The fourth-order valence-electron chi connectivity index (χ4n) is 2.97. The predicted octanol–water partition coefficient (Wildman–Crippen LogP) is 4.46. The maximum atomic E-state index is 12.4. The number of benzene rings is 2. The summed E-state index contributed by atoms with van der Waals surface area (Å²) in [7, 11) is -0.793. The van der Waals surface area contributed by atoms with Gasteiger partial charge in [-0.1, -0.05) is 48.9 Å². The second kappa shape index (κ2) is 8.25. The molecule has 0 unspecified atom stereocenters. The Morgan fingerprint density at radius 2 is 1.88 bits per heavy atom. The number of aryl methyl sites for hydroxylation is 2. The van der Waals surface area contributed by atoms with Crippen LogP contribution < -0.4 is 0 Å². The van der Waals surface area contributed by atoms with E-state index < -0.39 is 10.8 Å². The van der Waals surface area contributed by atoms with Crippen LogP contribution in [0.4, 0.5) is 0 Å². The molecule has 0 saturated carbocycles. The van der Waals surface area contributed by atoms with Gasteiger partial charge in [-0.05, 0) is 41.7 Å². The Hall–Kier alpha value is -1.94. The van der Waals surface area contributed by atoms with Crippen LogP contribution >= 0.6 is 0 Å². The zero-order valence-electron chi connectivity index (χ0n) is 14.1. The van der Waals surface area contributed by atoms with E-state index in [1.54, 1.807) is 0 Å². The number of fused-ring (bicyclic) bond motifs is 1. The molecule has 0 N–H and O–H groups in total. The summed E-state index contributed by atoms with van der Waals surface area (Å²) >= 11 is 0. The van der Waals surface area contributed by atoms with E-state index in [2.05, 4.69) is 48.6 Å². The van der Waals surface area contributed by atoms with Crippen molar-refractivity contribution in [3.63, 3.8) is 0 Å². The molecule has 0 radical (unpaired) electrons. The lowest BCUT2D eigenvalue weighted by Gasteiger charge is -2.07. The number of rotatable bonds is 8. The third kappa shape index (κ3) is 4.54. The first-order valence-electron chi connectivity index (χ1n) is 8.53. The van der Waals surface area contributed by atoms with Crippen molar-refractivity contribution >= 4 is 21.6 Å². The molecule has 3 aromatic rings. The van der Waals surface area contributed by atoms with Gasteiger partial charge < -0.3 is 0 Å². The molecule has 3 nitrogen and oxygen atoms in total. The Labute approximate surface area is 146 Å². The molecule has 0 saturated heterocycles. The van der Waals surface area contributed by atoms with Gasteiger partial charge >= 0.3 is 0 Å². The number of hydrogen-bond donors (Lipinski definition) is 0. The zero-order valence-corrected chi connectivity index (χ0v) is 15.0. The first kappa shape index (κ1) is 16.9. The largest absolute Gasteiger partial charge is 0.272 e. The van der Waals surface area contributed by atoms with Crippen molar-refractivity contribution in [1.29, 1.82) is 0 Å². The van der Waals surface area contributed by atoms with E-state index in [-0.39, 0.29) is 0 Å². The summed E-state index contributed by atoms with van der Waals surface area (Å²) in [5.41, 5.74) is 2.39. The Balaban J connectivity index is 1.44. The Morgan fingerprint density at radius 1 is 1.04 bits per heavy atom. The van der Waals surface area contributed by atoms with E-state index in [9.17, 15) is 4.21 Å². The minimum atomic E-state index is -0.793. The molecule has 24 heavy (non-hydrogen) atoms. The molecule has 1 heterocycles. The summed E-state index contributed by atoms with van der Waals surface area (Å²) in [6.45, 7) is 3.00. The fourth-order valence-corrected chi connectivity index (χ4v) is 4.24. The smallest absolute Gasteiger partial charge is 0.0518 e. The van der Waals surface area contributed by atoms with Gasteiger partial charge in [0.15, 0.2) is 0 Å². The molecule has 1 aromatic heterocycles. The van der Waals surface area contributed by atoms with Crippen LogP contribution in [0.5, 0.6) is 0 Å². The molecule has 1 atom stereocenters. The maximum Gasteiger partial charge on any atom is 0.0518 e. The monoisotopic (exact) mass is 340 g/mol. The first-order chi connectivity index (χ1) is 11.7. The van der Waals surface area contributed by atoms with Crippen LogP contribution in [-0.2, 0) is 23.1 Å². The summed E-state index contributed by atoms with van der Waals surface area (Å²) in [4.78, 5) is 0. The van der Waals surface area contributed by atoms with Gasteiger partial charge in [-0.25, -0.2) is 0 Å². The highest BCUT2D eigenvalue weighted by Crippen LogP contribution is 2.20. The number of aromatic nitrogens is 2. The van der Waals surface area contributed by atoms with Crippen molar-refractivity contribution in [2.45, 2.75) is 38.5 Å². The molecular formula is C20H24N2OS. The van der Waals surface area contributed by atoms with Gasteiger partial charge in [-0.3, -0.25) is 8.89 Å². The molecule has 3 rings (SSSR count). The standard InChI is InChI=1S/C20H24N2OS/c1-17-14-21-22(15-17)12-5-2-6-13-24(23)16-19-10-7-9-18-8-3-4-11-20(18)19/h3-4,7-11,14-15H,2,5-6,12-13,16H2,1H3/t24-/m1/s1. The van der Waals surface area contributed by atoms with Crippen molar-refractivity contribution in [2.24, 2.45) is 0 Å². The maximum absolute atomic E-state index is 12.4. The fraction of sp³-hybridized carbons (Fsp3) is 0.350. The molecule has 2 aromatic carbocycles. The molecule has 0 aliphatic rings. The van der Waals surface area contributed by atoms with Crippen molar-refractivity contribution in [2.75, 3.05) is 5.75 Å². The van der Waals surface area contributed by atoms with Crippen LogP contribution in [0.3, 0.4) is 0 Å². The van der Waals surface area contributed by atoms with Crippen LogP contribution in [-0.4, -0.2) is 19.7 Å². The van der Waals surface area contributed by atoms with E-state index in [1.807, 2.05) is 23.0 Å². The summed E-state index contributed by atoms with van der Waals surface area (Å²) in [6.07, 6.45) is 7.16. The van der Waals surface area contributed by atoms with Crippen LogP contribution in [0.2, 0.25) is 0 Å². The molecule has 0 spiro atoms. The average Bonchev–Trinajstić information content (AvgIpc) is 3.00. The van der Waals surface area contributed by atoms with Gasteiger partial charge in [0.05, 0.1) is 6.20 Å². The quantitative estimate of drug-likeness (QED) is 0.567. The van der Waals surface area contributed by atoms with Gasteiger partial charge in [-0.2, -0.15) is 5.10 Å². The van der Waals surface area contributed by atoms with Crippen LogP contribution in [0.25, 0.3) is 10.8 Å². The summed E-state index contributed by atoms with van der Waals surface area (Å²) < 4.78 is 14.4. The van der Waals surface area contributed by atoms with Crippen molar-refractivity contribution in [3.05, 3.63) is 66.0 Å². The molecule has 4 heteroatoms. The summed E-state index contributed by atoms with van der Waals surface area (Å²) in [6, 6.07) is 14.6.